The third kappa shape index (κ3) is 3.98. The summed E-state index contributed by atoms with van der Waals surface area (Å²) in [5.74, 6) is -0.391. The van der Waals surface area contributed by atoms with Crippen LogP contribution in [-0.2, 0) is 9.53 Å². The van der Waals surface area contributed by atoms with E-state index in [1.54, 1.807) is 0 Å². The summed E-state index contributed by atoms with van der Waals surface area (Å²) in [5, 5.41) is 0. The van der Waals surface area contributed by atoms with Gasteiger partial charge in [0.05, 0.1) is 6.67 Å². The van der Waals surface area contributed by atoms with Crippen molar-refractivity contribution in [1.82, 2.24) is 9.80 Å². The lowest BCUT2D eigenvalue weighted by molar-refractivity contribution is -0.141. The van der Waals surface area contributed by atoms with Gasteiger partial charge in [-0.25, -0.2) is 4.79 Å². The van der Waals surface area contributed by atoms with E-state index in [9.17, 15) is 4.79 Å². The average molecular weight is 249 g/mol. The van der Waals surface area contributed by atoms with Crippen molar-refractivity contribution in [3.63, 3.8) is 0 Å². The molecule has 74 valence electrons. The number of esters is 1. The summed E-state index contributed by atoms with van der Waals surface area (Å²) in [5.41, 5.74) is 0. The maximum Gasteiger partial charge on any atom is 0.331 e. The molecule has 1 aliphatic heterocycles. The lowest BCUT2D eigenvalue weighted by atomic mass is 10.7. The fourth-order valence-electron chi connectivity index (χ4n) is 0.878. The van der Waals surface area contributed by atoms with Gasteiger partial charge >= 0.3 is 5.97 Å². The molecule has 0 unspecified atom stereocenters. The molecule has 0 amide bonds. The number of hydrogen-bond donors (Lipinski definition) is 0. The highest BCUT2D eigenvalue weighted by atomic mass is 79.9. The van der Waals surface area contributed by atoms with Crippen LogP contribution in [0.3, 0.4) is 0 Å². The number of nitrogens with zero attached hydrogens (tertiary/aromatic N) is 2. The molecule has 0 spiro atoms. The number of rotatable bonds is 3. The maximum absolute atomic E-state index is 10.6. The van der Waals surface area contributed by atoms with Crippen LogP contribution < -0.4 is 0 Å². The van der Waals surface area contributed by atoms with E-state index in [4.69, 9.17) is 4.74 Å². The number of ether oxygens (including phenoxy) is 1. The molecular formula is C8H13BrN2O2. The van der Waals surface area contributed by atoms with Crippen LogP contribution in [0.5, 0.6) is 0 Å². The molecule has 1 rings (SSSR count). The zero-order chi connectivity index (χ0) is 8.97. The summed E-state index contributed by atoms with van der Waals surface area (Å²) in [4.78, 5) is 14.5. The lowest BCUT2D eigenvalue weighted by Gasteiger charge is -2.16. The van der Waals surface area contributed by atoms with Crippen LogP contribution >= 0.6 is 17.0 Å². The van der Waals surface area contributed by atoms with E-state index in [0.717, 1.165) is 12.7 Å². The van der Waals surface area contributed by atoms with Crippen LogP contribution in [0, 0.1) is 0 Å². The Balaban J connectivity index is 0.00000144. The van der Waals surface area contributed by atoms with Gasteiger partial charge in [0.2, 0.25) is 0 Å². The van der Waals surface area contributed by atoms with E-state index in [1.807, 2.05) is 29.2 Å². The number of hydrogen-bond acceptors (Lipinski definition) is 4. The van der Waals surface area contributed by atoms with Gasteiger partial charge in [-0.2, -0.15) is 0 Å². The highest BCUT2D eigenvalue weighted by molar-refractivity contribution is 8.93. The van der Waals surface area contributed by atoms with Gasteiger partial charge in [-0.1, -0.05) is 6.58 Å². The lowest BCUT2D eigenvalue weighted by Crippen LogP contribution is -2.25. The summed E-state index contributed by atoms with van der Waals surface area (Å²) in [6.45, 7) is 4.34. The Kier molecular flexibility index (Phi) is 5.22. The van der Waals surface area contributed by atoms with E-state index < -0.39 is 5.97 Å². The molecule has 0 aromatic carbocycles. The molecule has 13 heavy (non-hydrogen) atoms. The molecule has 0 fully saturated rings. The van der Waals surface area contributed by atoms with Crippen LogP contribution in [0.25, 0.3) is 0 Å². The highest BCUT2D eigenvalue weighted by Crippen LogP contribution is 2.02. The molecule has 0 aromatic rings. The predicted octanol–water partition coefficient (Wildman–Crippen LogP) is 0.927. The predicted molar refractivity (Wildman–Crippen MR) is 55.1 cm³/mol. The van der Waals surface area contributed by atoms with Crippen molar-refractivity contribution in [1.29, 1.82) is 0 Å². The molecule has 1 heterocycles. The van der Waals surface area contributed by atoms with Crippen molar-refractivity contribution in [2.45, 2.75) is 0 Å². The minimum atomic E-state index is -0.391. The largest absolute Gasteiger partial charge is 0.441 e. The van der Waals surface area contributed by atoms with Crippen molar-refractivity contribution >= 4 is 23.0 Å². The fraction of sp³-hybridized carbons (Fsp3) is 0.375. The number of carbonyl (C=O) groups is 1. The van der Waals surface area contributed by atoms with E-state index >= 15 is 0 Å². The minimum Gasteiger partial charge on any atom is -0.441 e. The normalized spacial score (nSPS) is 13.9. The first-order valence-corrected chi connectivity index (χ1v) is 3.64. The van der Waals surface area contributed by atoms with Crippen LogP contribution in [0.2, 0.25) is 0 Å². The molecule has 4 nitrogen and oxygen atoms in total. The second-order valence-corrected chi connectivity index (χ2v) is 2.58. The smallest absolute Gasteiger partial charge is 0.331 e. The Bertz CT molecular complexity index is 218. The van der Waals surface area contributed by atoms with Gasteiger partial charge in [0.15, 0.2) is 6.73 Å². The molecule has 1 aliphatic rings. The fourth-order valence-corrected chi connectivity index (χ4v) is 0.878. The molecule has 0 radical (unpaired) electrons. The van der Waals surface area contributed by atoms with Gasteiger partial charge < -0.3 is 14.5 Å². The van der Waals surface area contributed by atoms with Gasteiger partial charge in [-0.05, 0) is 0 Å². The monoisotopic (exact) mass is 248 g/mol. The minimum absolute atomic E-state index is 0. The first-order chi connectivity index (χ1) is 5.72. The van der Waals surface area contributed by atoms with Crippen molar-refractivity contribution in [2.75, 3.05) is 20.4 Å². The zero-order valence-corrected chi connectivity index (χ0v) is 9.19. The van der Waals surface area contributed by atoms with Crippen LogP contribution in [0.4, 0.5) is 0 Å². The van der Waals surface area contributed by atoms with Gasteiger partial charge in [-0.15, -0.1) is 17.0 Å². The summed E-state index contributed by atoms with van der Waals surface area (Å²) in [7, 11) is 1.95. The zero-order valence-electron chi connectivity index (χ0n) is 7.47. The van der Waals surface area contributed by atoms with Crippen molar-refractivity contribution in [3.05, 3.63) is 25.1 Å². The third-order valence-electron chi connectivity index (χ3n) is 1.48. The molecule has 0 bridgehead atoms. The topological polar surface area (TPSA) is 32.8 Å². The van der Waals surface area contributed by atoms with Gasteiger partial charge in [0, 0.05) is 25.5 Å². The standard InChI is InChI=1S/C8H12N2O2.BrH/c1-3-8(11)12-7-10-5-4-9(2)6-10;/h3-5H,1,6-7H2,2H3;1H. The molecule has 0 saturated heterocycles. The Morgan fingerprint density at radius 2 is 2.38 bits per heavy atom. The molecule has 0 atom stereocenters. The van der Waals surface area contributed by atoms with E-state index in [1.165, 1.54) is 0 Å². The molecule has 0 saturated carbocycles. The van der Waals surface area contributed by atoms with Crippen molar-refractivity contribution in [3.8, 4) is 0 Å². The van der Waals surface area contributed by atoms with E-state index in [2.05, 4.69) is 6.58 Å². The molecule has 0 aromatic heterocycles. The van der Waals surface area contributed by atoms with Gasteiger partial charge in [-0.3, -0.25) is 0 Å². The average Bonchev–Trinajstić information content (AvgIpc) is 2.47. The Labute approximate surface area is 88.2 Å². The van der Waals surface area contributed by atoms with Crippen LogP contribution in [0.1, 0.15) is 0 Å². The van der Waals surface area contributed by atoms with Crippen molar-refractivity contribution < 1.29 is 9.53 Å². The second-order valence-electron chi connectivity index (χ2n) is 2.58. The highest BCUT2D eigenvalue weighted by Gasteiger charge is 2.08. The maximum atomic E-state index is 10.6. The van der Waals surface area contributed by atoms with Gasteiger partial charge in [0.25, 0.3) is 0 Å². The van der Waals surface area contributed by atoms with Crippen LogP contribution in [0.15, 0.2) is 25.1 Å². The summed E-state index contributed by atoms with van der Waals surface area (Å²) in [6.07, 6.45) is 4.95. The quantitative estimate of drug-likeness (QED) is 0.550. The summed E-state index contributed by atoms with van der Waals surface area (Å²) < 4.78 is 4.81. The summed E-state index contributed by atoms with van der Waals surface area (Å²) >= 11 is 0. The summed E-state index contributed by atoms with van der Waals surface area (Å²) in [6, 6.07) is 0. The molecule has 0 N–H and O–H groups in total. The second kappa shape index (κ2) is 5.64. The Morgan fingerprint density at radius 1 is 1.69 bits per heavy atom. The number of carbonyl (C=O) groups excluding carboxylic acids is 1. The first kappa shape index (κ1) is 12.0. The molecule has 0 aliphatic carbocycles. The number of halogens is 1. The molecule has 5 heteroatoms. The Hall–Kier alpha value is -0.970. The van der Waals surface area contributed by atoms with E-state index in [-0.39, 0.29) is 23.7 Å². The van der Waals surface area contributed by atoms with Crippen molar-refractivity contribution in [2.24, 2.45) is 0 Å². The van der Waals surface area contributed by atoms with E-state index in [0.29, 0.717) is 0 Å². The first-order valence-electron chi connectivity index (χ1n) is 3.64. The molecular weight excluding hydrogens is 236 g/mol. The Morgan fingerprint density at radius 3 is 2.85 bits per heavy atom. The SMILES string of the molecule is Br.C=CC(=O)OCN1C=CN(C)C1. The van der Waals surface area contributed by atoms with Gasteiger partial charge in [0.1, 0.15) is 0 Å². The third-order valence-corrected chi connectivity index (χ3v) is 1.48. The van der Waals surface area contributed by atoms with Crippen LogP contribution in [-0.4, -0.2) is 36.2 Å².